The third-order valence-corrected chi connectivity index (χ3v) is 5.10. The standard InChI is InChI=1S/C19H15ClN4O2S/c1-3-24(11(2)25)19-23-14(10-27-19)6-12(8-21)18(26)16-9-22-17-7-13(20)4-5-15(16)17/h4-7,9-10,22H,3H2,1-2H3/b12-6+. The Labute approximate surface area is 164 Å². The average Bonchev–Trinajstić information content (AvgIpc) is 3.26. The molecular weight excluding hydrogens is 384 g/mol. The van der Waals surface area contributed by atoms with Gasteiger partial charge < -0.3 is 4.98 Å². The molecule has 0 aliphatic heterocycles. The summed E-state index contributed by atoms with van der Waals surface area (Å²) in [4.78, 5) is 33.3. The van der Waals surface area contributed by atoms with Crippen LogP contribution in [-0.4, -0.2) is 28.2 Å². The Balaban J connectivity index is 1.94. The van der Waals surface area contributed by atoms with Gasteiger partial charge in [-0.1, -0.05) is 17.7 Å². The number of hydrogen-bond acceptors (Lipinski definition) is 5. The lowest BCUT2D eigenvalue weighted by atomic mass is 10.0. The van der Waals surface area contributed by atoms with Crippen LogP contribution >= 0.6 is 22.9 Å². The van der Waals surface area contributed by atoms with Crippen LogP contribution in [0.3, 0.4) is 0 Å². The summed E-state index contributed by atoms with van der Waals surface area (Å²) in [7, 11) is 0. The number of amides is 1. The maximum atomic E-state index is 12.8. The van der Waals surface area contributed by atoms with Gasteiger partial charge in [-0.3, -0.25) is 14.5 Å². The molecule has 0 saturated heterocycles. The van der Waals surface area contributed by atoms with E-state index < -0.39 is 5.78 Å². The topological polar surface area (TPSA) is 89.8 Å². The van der Waals surface area contributed by atoms with Crippen LogP contribution in [-0.2, 0) is 4.79 Å². The van der Waals surface area contributed by atoms with E-state index in [0.29, 0.717) is 33.3 Å². The zero-order valence-corrected chi connectivity index (χ0v) is 16.2. The summed E-state index contributed by atoms with van der Waals surface area (Å²) in [6.45, 7) is 3.81. The number of ketones is 1. The number of nitrogens with zero attached hydrogens (tertiary/aromatic N) is 3. The van der Waals surface area contributed by atoms with Crippen molar-refractivity contribution in [1.82, 2.24) is 9.97 Å². The molecule has 0 spiro atoms. The molecule has 1 amide bonds. The molecule has 1 aromatic carbocycles. The number of H-pyrrole nitrogens is 1. The number of aromatic nitrogens is 2. The molecule has 0 saturated carbocycles. The van der Waals surface area contributed by atoms with Gasteiger partial charge in [-0.2, -0.15) is 5.26 Å². The minimum atomic E-state index is -0.403. The van der Waals surface area contributed by atoms with Crippen LogP contribution in [0, 0.1) is 11.3 Å². The number of anilines is 1. The van der Waals surface area contributed by atoms with Gasteiger partial charge in [0.1, 0.15) is 11.6 Å². The van der Waals surface area contributed by atoms with E-state index in [4.69, 9.17) is 11.6 Å². The predicted molar refractivity (Wildman–Crippen MR) is 107 cm³/mol. The van der Waals surface area contributed by atoms with Gasteiger partial charge in [-0.25, -0.2) is 4.98 Å². The molecule has 1 N–H and O–H groups in total. The molecule has 136 valence electrons. The number of hydrogen-bond donors (Lipinski definition) is 1. The van der Waals surface area contributed by atoms with Crippen molar-refractivity contribution in [2.75, 3.05) is 11.4 Å². The van der Waals surface area contributed by atoms with E-state index in [-0.39, 0.29) is 11.5 Å². The number of halogens is 1. The van der Waals surface area contributed by atoms with Gasteiger partial charge in [0.25, 0.3) is 0 Å². The van der Waals surface area contributed by atoms with Gasteiger partial charge in [0.15, 0.2) is 5.13 Å². The third-order valence-electron chi connectivity index (χ3n) is 3.98. The highest BCUT2D eigenvalue weighted by Crippen LogP contribution is 2.26. The Morgan fingerprint density at radius 1 is 1.44 bits per heavy atom. The summed E-state index contributed by atoms with van der Waals surface area (Å²) >= 11 is 7.25. The molecule has 2 heterocycles. The van der Waals surface area contributed by atoms with Crippen molar-refractivity contribution >= 4 is 56.7 Å². The highest BCUT2D eigenvalue weighted by Gasteiger charge is 2.18. The van der Waals surface area contributed by atoms with E-state index in [0.717, 1.165) is 5.52 Å². The van der Waals surface area contributed by atoms with Crippen molar-refractivity contribution < 1.29 is 9.59 Å². The maximum Gasteiger partial charge on any atom is 0.225 e. The van der Waals surface area contributed by atoms with Gasteiger partial charge in [-0.05, 0) is 25.1 Å². The molecule has 3 rings (SSSR count). The largest absolute Gasteiger partial charge is 0.360 e. The van der Waals surface area contributed by atoms with Crippen molar-refractivity contribution in [3.63, 3.8) is 0 Å². The number of nitrogens with one attached hydrogen (secondary N) is 1. The number of benzene rings is 1. The SMILES string of the molecule is CCN(C(C)=O)c1nc(/C=C(\C#N)C(=O)c2c[nH]c3cc(Cl)ccc23)cs1. The molecule has 2 aromatic heterocycles. The molecule has 0 aliphatic carbocycles. The lowest BCUT2D eigenvalue weighted by Gasteiger charge is -2.14. The number of aromatic amines is 1. The molecule has 3 aromatic rings. The van der Waals surface area contributed by atoms with E-state index in [1.54, 1.807) is 29.8 Å². The first-order valence-corrected chi connectivity index (χ1v) is 9.37. The molecule has 6 nitrogen and oxygen atoms in total. The van der Waals surface area contributed by atoms with Crippen molar-refractivity contribution in [1.29, 1.82) is 5.26 Å². The highest BCUT2D eigenvalue weighted by molar-refractivity contribution is 7.14. The molecular formula is C19H15ClN4O2S. The van der Waals surface area contributed by atoms with Gasteiger partial charge in [-0.15, -0.1) is 11.3 Å². The molecule has 27 heavy (non-hydrogen) atoms. The molecule has 0 aliphatic rings. The fourth-order valence-corrected chi connectivity index (χ4v) is 3.75. The van der Waals surface area contributed by atoms with Crippen LogP contribution in [0.5, 0.6) is 0 Å². The first kappa shape index (κ1) is 18.8. The molecule has 0 fully saturated rings. The van der Waals surface area contributed by atoms with E-state index >= 15 is 0 Å². The van der Waals surface area contributed by atoms with Crippen LogP contribution < -0.4 is 4.90 Å². The zero-order chi connectivity index (χ0) is 19.6. The minimum Gasteiger partial charge on any atom is -0.360 e. The first-order valence-electron chi connectivity index (χ1n) is 8.11. The monoisotopic (exact) mass is 398 g/mol. The van der Waals surface area contributed by atoms with Crippen LogP contribution in [0.25, 0.3) is 17.0 Å². The summed E-state index contributed by atoms with van der Waals surface area (Å²) in [6, 6.07) is 7.10. The number of rotatable bonds is 5. The van der Waals surface area contributed by atoms with Gasteiger partial charge in [0, 0.05) is 46.5 Å². The molecule has 0 atom stereocenters. The number of nitriles is 1. The van der Waals surface area contributed by atoms with Crippen molar-refractivity contribution in [3.8, 4) is 6.07 Å². The maximum absolute atomic E-state index is 12.8. The fourth-order valence-electron chi connectivity index (χ4n) is 2.69. The normalized spacial score (nSPS) is 11.4. The Hall–Kier alpha value is -2.95. The Bertz CT molecular complexity index is 1110. The van der Waals surface area contributed by atoms with E-state index in [2.05, 4.69) is 9.97 Å². The lowest BCUT2D eigenvalue weighted by molar-refractivity contribution is -0.116. The van der Waals surface area contributed by atoms with Gasteiger partial charge >= 0.3 is 0 Å². The predicted octanol–water partition coefficient (Wildman–Crippen LogP) is 4.44. The van der Waals surface area contributed by atoms with Crippen molar-refractivity contribution in [2.45, 2.75) is 13.8 Å². The summed E-state index contributed by atoms with van der Waals surface area (Å²) in [5.74, 6) is -0.518. The second-order valence-electron chi connectivity index (χ2n) is 5.71. The number of thiazole rings is 1. The number of Topliss-reactive ketones (excluding diaryl/α,β-unsaturated/α-hetero) is 1. The zero-order valence-electron chi connectivity index (χ0n) is 14.6. The third kappa shape index (κ3) is 3.77. The minimum absolute atomic E-state index is 0.0337. The Kier molecular flexibility index (Phi) is 5.40. The molecule has 8 heteroatoms. The van der Waals surface area contributed by atoms with Crippen LogP contribution in [0.1, 0.15) is 29.9 Å². The first-order chi connectivity index (χ1) is 12.9. The van der Waals surface area contributed by atoms with Crippen LogP contribution in [0.4, 0.5) is 5.13 Å². The molecule has 0 radical (unpaired) electrons. The summed E-state index contributed by atoms with van der Waals surface area (Å²) in [6.07, 6.45) is 3.00. The number of carbonyl (C=O) groups excluding carboxylic acids is 2. The summed E-state index contributed by atoms with van der Waals surface area (Å²) in [5, 5.41) is 13.0. The van der Waals surface area contributed by atoms with Crippen LogP contribution in [0.15, 0.2) is 35.3 Å². The number of fused-ring (bicyclic) bond motifs is 1. The Morgan fingerprint density at radius 2 is 2.22 bits per heavy atom. The Morgan fingerprint density at radius 3 is 2.89 bits per heavy atom. The summed E-state index contributed by atoms with van der Waals surface area (Å²) in [5.41, 5.74) is 1.54. The number of allylic oxidation sites excluding steroid dienone is 1. The average molecular weight is 399 g/mol. The summed E-state index contributed by atoms with van der Waals surface area (Å²) < 4.78 is 0. The molecule has 0 bridgehead atoms. The highest BCUT2D eigenvalue weighted by atomic mass is 35.5. The second-order valence-corrected chi connectivity index (χ2v) is 6.98. The number of carbonyl (C=O) groups is 2. The van der Waals surface area contributed by atoms with Crippen molar-refractivity contribution in [2.24, 2.45) is 0 Å². The van der Waals surface area contributed by atoms with Crippen molar-refractivity contribution in [3.05, 3.63) is 51.6 Å². The second kappa shape index (κ2) is 7.74. The smallest absolute Gasteiger partial charge is 0.225 e. The van der Waals surface area contributed by atoms with Gasteiger partial charge in [0.2, 0.25) is 11.7 Å². The van der Waals surface area contributed by atoms with E-state index in [1.807, 2.05) is 13.0 Å². The lowest BCUT2D eigenvalue weighted by Crippen LogP contribution is -2.27. The van der Waals surface area contributed by atoms with Crippen LogP contribution in [0.2, 0.25) is 5.02 Å². The van der Waals surface area contributed by atoms with E-state index in [1.165, 1.54) is 29.2 Å². The quantitative estimate of drug-likeness (QED) is 0.390. The van der Waals surface area contributed by atoms with Gasteiger partial charge in [0.05, 0.1) is 5.69 Å². The van der Waals surface area contributed by atoms with E-state index in [9.17, 15) is 14.9 Å². The molecule has 0 unspecified atom stereocenters. The fraction of sp³-hybridized carbons (Fsp3) is 0.158.